The van der Waals surface area contributed by atoms with E-state index >= 15 is 0 Å². The summed E-state index contributed by atoms with van der Waals surface area (Å²) in [6.07, 6.45) is 5.11. The number of rotatable bonds is 10. The van der Waals surface area contributed by atoms with Crippen LogP contribution in [0.1, 0.15) is 51.6 Å². The van der Waals surface area contributed by atoms with Gasteiger partial charge in [-0.15, -0.1) is 0 Å². The maximum Gasteiger partial charge on any atom is 0.352 e. The Labute approximate surface area is 125 Å². The van der Waals surface area contributed by atoms with Crippen LogP contribution in [-0.2, 0) is 0 Å². The fourth-order valence-corrected chi connectivity index (χ4v) is 1.87. The molecule has 0 atom stereocenters. The van der Waals surface area contributed by atoms with Gasteiger partial charge in [0, 0.05) is 6.54 Å². The van der Waals surface area contributed by atoms with E-state index in [9.17, 15) is 10.1 Å². The molecular formula is C14H24N4O3. The number of aromatic nitrogens is 2. The van der Waals surface area contributed by atoms with Gasteiger partial charge in [0.2, 0.25) is 5.95 Å². The number of nitrogens with one attached hydrogen (secondary N) is 1. The Morgan fingerprint density at radius 3 is 2.57 bits per heavy atom. The fraction of sp³-hybridized carbons (Fsp3) is 0.714. The molecule has 0 aliphatic rings. The van der Waals surface area contributed by atoms with Crippen molar-refractivity contribution in [2.24, 2.45) is 0 Å². The summed E-state index contributed by atoms with van der Waals surface area (Å²) in [4.78, 5) is 18.9. The molecule has 1 aromatic heterocycles. The van der Waals surface area contributed by atoms with Crippen LogP contribution in [0.15, 0.2) is 0 Å². The molecule has 7 heteroatoms. The van der Waals surface area contributed by atoms with E-state index < -0.39 is 4.92 Å². The Hall–Kier alpha value is -1.92. The Morgan fingerprint density at radius 1 is 1.19 bits per heavy atom. The maximum atomic E-state index is 11.1. The molecule has 0 aromatic carbocycles. The molecule has 118 valence electrons. The van der Waals surface area contributed by atoms with E-state index in [1.165, 1.54) is 0 Å². The highest BCUT2D eigenvalue weighted by Crippen LogP contribution is 2.28. The highest BCUT2D eigenvalue weighted by Gasteiger charge is 2.23. The summed E-state index contributed by atoms with van der Waals surface area (Å²) in [6.45, 7) is 6.90. The second kappa shape index (κ2) is 9.10. The van der Waals surface area contributed by atoms with E-state index in [1.54, 1.807) is 6.92 Å². The second-order valence-corrected chi connectivity index (χ2v) is 4.88. The van der Waals surface area contributed by atoms with Crippen LogP contribution in [0.2, 0.25) is 0 Å². The van der Waals surface area contributed by atoms with E-state index in [2.05, 4.69) is 22.2 Å². The van der Waals surface area contributed by atoms with Gasteiger partial charge in [-0.3, -0.25) is 10.1 Å². The minimum Gasteiger partial charge on any atom is -0.473 e. The molecule has 0 saturated carbocycles. The Balaban J connectivity index is 2.80. The van der Waals surface area contributed by atoms with Gasteiger partial charge < -0.3 is 10.1 Å². The lowest BCUT2D eigenvalue weighted by Crippen LogP contribution is -2.10. The first-order chi connectivity index (χ1) is 10.1. The van der Waals surface area contributed by atoms with Crippen molar-refractivity contribution < 1.29 is 9.66 Å². The zero-order valence-electron chi connectivity index (χ0n) is 13.0. The lowest BCUT2D eigenvalue weighted by Gasteiger charge is -2.09. The maximum absolute atomic E-state index is 11.1. The molecule has 1 heterocycles. The monoisotopic (exact) mass is 296 g/mol. The van der Waals surface area contributed by atoms with Crippen molar-refractivity contribution in [3.8, 4) is 5.88 Å². The normalized spacial score (nSPS) is 10.4. The minimum absolute atomic E-state index is 0.0580. The summed E-state index contributed by atoms with van der Waals surface area (Å²) in [5.74, 6) is 0.436. The van der Waals surface area contributed by atoms with Crippen LogP contribution in [0.25, 0.3) is 0 Å². The van der Waals surface area contributed by atoms with Crippen LogP contribution in [0.3, 0.4) is 0 Å². The molecule has 0 spiro atoms. The molecule has 0 radical (unpaired) electrons. The van der Waals surface area contributed by atoms with Crippen LogP contribution >= 0.6 is 0 Å². The summed E-state index contributed by atoms with van der Waals surface area (Å²) in [5, 5.41) is 14.2. The molecule has 0 saturated heterocycles. The van der Waals surface area contributed by atoms with Crippen molar-refractivity contribution in [1.29, 1.82) is 0 Å². The molecule has 21 heavy (non-hydrogen) atoms. The first-order valence-electron chi connectivity index (χ1n) is 7.49. The van der Waals surface area contributed by atoms with Gasteiger partial charge in [-0.05, 0) is 19.8 Å². The van der Waals surface area contributed by atoms with Crippen molar-refractivity contribution in [2.75, 3.05) is 18.5 Å². The van der Waals surface area contributed by atoms with Gasteiger partial charge in [0.15, 0.2) is 0 Å². The molecule has 0 aliphatic heterocycles. The minimum atomic E-state index is -0.486. The molecule has 0 unspecified atom stereocenters. The molecule has 0 bridgehead atoms. The second-order valence-electron chi connectivity index (χ2n) is 4.88. The molecule has 0 aliphatic carbocycles. The Bertz CT molecular complexity index is 466. The molecule has 1 rings (SSSR count). The standard InChI is InChI=1S/C14H24N4O3/c1-4-6-7-8-10-21-13-12(18(19)20)11(3)16-14(17-13)15-9-5-2/h4-10H2,1-3H3,(H,15,16,17). The zero-order valence-corrected chi connectivity index (χ0v) is 13.0. The highest BCUT2D eigenvalue weighted by molar-refractivity contribution is 5.48. The van der Waals surface area contributed by atoms with Gasteiger partial charge in [0.05, 0.1) is 11.5 Å². The summed E-state index contributed by atoms with van der Waals surface area (Å²) < 4.78 is 5.51. The van der Waals surface area contributed by atoms with Crippen molar-refractivity contribution in [3.63, 3.8) is 0 Å². The predicted octanol–water partition coefficient (Wildman–Crippen LogP) is 3.47. The molecular weight excluding hydrogens is 272 g/mol. The van der Waals surface area contributed by atoms with Crippen LogP contribution in [0.4, 0.5) is 11.6 Å². The van der Waals surface area contributed by atoms with Gasteiger partial charge in [-0.25, -0.2) is 4.98 Å². The van der Waals surface area contributed by atoms with E-state index in [0.29, 0.717) is 24.8 Å². The van der Waals surface area contributed by atoms with Gasteiger partial charge in [0.1, 0.15) is 5.69 Å². The fourth-order valence-electron chi connectivity index (χ4n) is 1.87. The average molecular weight is 296 g/mol. The molecule has 7 nitrogen and oxygen atoms in total. The van der Waals surface area contributed by atoms with Crippen LogP contribution in [0.5, 0.6) is 5.88 Å². The van der Waals surface area contributed by atoms with Gasteiger partial charge in [-0.1, -0.05) is 33.1 Å². The van der Waals surface area contributed by atoms with Crippen molar-refractivity contribution in [1.82, 2.24) is 9.97 Å². The quantitative estimate of drug-likeness (QED) is 0.404. The number of ether oxygens (including phenoxy) is 1. The lowest BCUT2D eigenvalue weighted by atomic mass is 10.2. The van der Waals surface area contributed by atoms with E-state index in [4.69, 9.17) is 4.74 Å². The summed E-state index contributed by atoms with van der Waals surface area (Å²) in [7, 11) is 0. The topological polar surface area (TPSA) is 90.2 Å². The third-order valence-corrected chi connectivity index (χ3v) is 2.98. The van der Waals surface area contributed by atoms with Gasteiger partial charge >= 0.3 is 5.69 Å². The first kappa shape index (κ1) is 17.1. The number of hydrogen-bond acceptors (Lipinski definition) is 6. The molecule has 0 amide bonds. The van der Waals surface area contributed by atoms with Gasteiger partial charge in [-0.2, -0.15) is 4.98 Å². The number of aryl methyl sites for hydroxylation is 1. The van der Waals surface area contributed by atoms with Crippen molar-refractivity contribution in [2.45, 2.75) is 52.9 Å². The Kier molecular flexibility index (Phi) is 7.42. The van der Waals surface area contributed by atoms with E-state index in [1.807, 2.05) is 6.92 Å². The summed E-state index contributed by atoms with van der Waals surface area (Å²) >= 11 is 0. The predicted molar refractivity (Wildman–Crippen MR) is 81.8 cm³/mol. The molecule has 1 N–H and O–H groups in total. The van der Waals surface area contributed by atoms with Crippen molar-refractivity contribution in [3.05, 3.63) is 15.8 Å². The number of hydrogen-bond donors (Lipinski definition) is 1. The number of nitrogens with zero attached hydrogens (tertiary/aromatic N) is 3. The summed E-state index contributed by atoms with van der Waals surface area (Å²) in [5.41, 5.74) is 0.171. The van der Waals surface area contributed by atoms with Crippen LogP contribution in [0, 0.1) is 17.0 Å². The summed E-state index contributed by atoms with van der Waals surface area (Å²) in [6, 6.07) is 0. The average Bonchev–Trinajstić information content (AvgIpc) is 2.44. The third kappa shape index (κ3) is 5.53. The van der Waals surface area contributed by atoms with Crippen molar-refractivity contribution >= 4 is 11.6 Å². The van der Waals surface area contributed by atoms with E-state index in [-0.39, 0.29) is 11.6 Å². The molecule has 1 aromatic rings. The largest absolute Gasteiger partial charge is 0.473 e. The van der Waals surface area contributed by atoms with Gasteiger partial charge in [0.25, 0.3) is 5.88 Å². The smallest absolute Gasteiger partial charge is 0.352 e. The first-order valence-corrected chi connectivity index (χ1v) is 7.49. The SMILES string of the molecule is CCCCCCOc1nc(NCCC)nc(C)c1[N+](=O)[O-]. The van der Waals surface area contributed by atoms with Crippen LogP contribution < -0.4 is 10.1 Å². The van der Waals surface area contributed by atoms with Crippen LogP contribution in [-0.4, -0.2) is 28.0 Å². The van der Waals surface area contributed by atoms with E-state index in [0.717, 1.165) is 32.1 Å². The lowest BCUT2D eigenvalue weighted by molar-refractivity contribution is -0.387. The number of nitro groups is 1. The molecule has 0 fully saturated rings. The highest BCUT2D eigenvalue weighted by atomic mass is 16.6. The Morgan fingerprint density at radius 2 is 1.95 bits per heavy atom. The number of unbranched alkanes of at least 4 members (excludes halogenated alkanes) is 3. The zero-order chi connectivity index (χ0) is 15.7. The number of anilines is 1. The third-order valence-electron chi connectivity index (χ3n) is 2.98.